The van der Waals surface area contributed by atoms with Crippen molar-refractivity contribution >= 4 is 0 Å². The van der Waals surface area contributed by atoms with Gasteiger partial charge in [0.25, 0.3) is 0 Å². The second kappa shape index (κ2) is 5.35. The van der Waals surface area contributed by atoms with Crippen LogP contribution in [-0.4, -0.2) is 47.0 Å². The lowest BCUT2D eigenvalue weighted by Crippen LogP contribution is -2.46. The van der Waals surface area contributed by atoms with E-state index in [1.54, 1.807) is 0 Å². The van der Waals surface area contributed by atoms with Crippen LogP contribution in [0.25, 0.3) is 0 Å². The Morgan fingerprint density at radius 3 is 2.50 bits per heavy atom. The molecule has 0 saturated carbocycles. The zero-order valence-electron chi connectivity index (χ0n) is 8.79. The zero-order chi connectivity index (χ0) is 10.4. The molecule has 80 valence electrons. The van der Waals surface area contributed by atoms with E-state index in [1.165, 1.54) is 0 Å². The summed E-state index contributed by atoms with van der Waals surface area (Å²) in [7, 11) is 0. The molecule has 1 aliphatic heterocycles. The predicted octanol–water partition coefficient (Wildman–Crippen LogP) is 0.219. The van der Waals surface area contributed by atoms with E-state index in [9.17, 15) is 5.11 Å². The van der Waals surface area contributed by atoms with Gasteiger partial charge in [-0.3, -0.25) is 0 Å². The average Bonchev–Trinajstić information content (AvgIpc) is 2.22. The Labute approximate surface area is 85.7 Å². The standard InChI is InChI=1S/C11H19NO2/c1-2-3-4-7-12-8-5-11(14,10-13)6-9-12/h13-14H,4-10H2,1H3. The molecule has 0 atom stereocenters. The normalized spacial score (nSPS) is 21.4. The minimum atomic E-state index is -0.826. The fourth-order valence-corrected chi connectivity index (χ4v) is 1.69. The van der Waals surface area contributed by atoms with Crippen molar-refractivity contribution in [2.75, 3.05) is 26.2 Å². The molecule has 1 saturated heterocycles. The topological polar surface area (TPSA) is 43.7 Å². The van der Waals surface area contributed by atoms with Gasteiger partial charge in [-0.15, -0.1) is 11.8 Å². The predicted molar refractivity (Wildman–Crippen MR) is 55.8 cm³/mol. The van der Waals surface area contributed by atoms with Crippen molar-refractivity contribution in [3.63, 3.8) is 0 Å². The van der Waals surface area contributed by atoms with Crippen molar-refractivity contribution < 1.29 is 10.2 Å². The van der Waals surface area contributed by atoms with Gasteiger partial charge < -0.3 is 15.1 Å². The van der Waals surface area contributed by atoms with Gasteiger partial charge in [0, 0.05) is 26.1 Å². The quantitative estimate of drug-likeness (QED) is 0.636. The number of aliphatic hydroxyl groups excluding tert-OH is 1. The minimum Gasteiger partial charge on any atom is -0.393 e. The molecule has 0 aromatic carbocycles. The van der Waals surface area contributed by atoms with Crippen molar-refractivity contribution in [3.8, 4) is 11.8 Å². The monoisotopic (exact) mass is 197 g/mol. The first-order chi connectivity index (χ1) is 6.70. The Morgan fingerprint density at radius 2 is 2.00 bits per heavy atom. The van der Waals surface area contributed by atoms with Crippen LogP contribution in [0.3, 0.4) is 0 Å². The smallest absolute Gasteiger partial charge is 0.0901 e. The molecular formula is C11H19NO2. The van der Waals surface area contributed by atoms with Crippen molar-refractivity contribution in [2.45, 2.75) is 31.8 Å². The first-order valence-corrected chi connectivity index (χ1v) is 5.15. The van der Waals surface area contributed by atoms with Gasteiger partial charge in [-0.1, -0.05) is 0 Å². The van der Waals surface area contributed by atoms with Crippen molar-refractivity contribution in [2.24, 2.45) is 0 Å². The van der Waals surface area contributed by atoms with Crippen molar-refractivity contribution in [1.82, 2.24) is 4.90 Å². The molecule has 1 fully saturated rings. The maximum atomic E-state index is 9.76. The van der Waals surface area contributed by atoms with Gasteiger partial charge in [-0.2, -0.15) is 0 Å². The van der Waals surface area contributed by atoms with E-state index >= 15 is 0 Å². The van der Waals surface area contributed by atoms with Crippen LogP contribution in [0.5, 0.6) is 0 Å². The van der Waals surface area contributed by atoms with E-state index in [0.717, 1.165) is 26.1 Å². The Balaban J connectivity index is 2.24. The van der Waals surface area contributed by atoms with Crippen LogP contribution in [0.4, 0.5) is 0 Å². The van der Waals surface area contributed by atoms with Gasteiger partial charge in [0.15, 0.2) is 0 Å². The lowest BCUT2D eigenvalue weighted by atomic mass is 9.92. The van der Waals surface area contributed by atoms with Gasteiger partial charge in [0.2, 0.25) is 0 Å². The van der Waals surface area contributed by atoms with Crippen LogP contribution < -0.4 is 0 Å². The highest BCUT2D eigenvalue weighted by Gasteiger charge is 2.30. The first kappa shape index (κ1) is 11.5. The average molecular weight is 197 g/mol. The van der Waals surface area contributed by atoms with Gasteiger partial charge in [0.05, 0.1) is 12.2 Å². The number of nitrogens with zero attached hydrogens (tertiary/aromatic N) is 1. The van der Waals surface area contributed by atoms with E-state index in [-0.39, 0.29) is 6.61 Å². The summed E-state index contributed by atoms with van der Waals surface area (Å²) in [5.41, 5.74) is -0.826. The van der Waals surface area contributed by atoms with E-state index in [0.29, 0.717) is 12.8 Å². The fraction of sp³-hybridized carbons (Fsp3) is 0.818. The fourth-order valence-electron chi connectivity index (χ4n) is 1.69. The number of likely N-dealkylation sites (tertiary alicyclic amines) is 1. The molecule has 0 radical (unpaired) electrons. The van der Waals surface area contributed by atoms with Crippen LogP contribution in [-0.2, 0) is 0 Å². The summed E-state index contributed by atoms with van der Waals surface area (Å²) in [6, 6.07) is 0. The number of aliphatic hydroxyl groups is 2. The lowest BCUT2D eigenvalue weighted by molar-refractivity contribution is -0.0589. The molecule has 1 aliphatic rings. The molecule has 3 heteroatoms. The molecule has 0 aromatic heterocycles. The summed E-state index contributed by atoms with van der Waals surface area (Å²) in [5, 5.41) is 18.7. The molecule has 1 rings (SSSR count). The van der Waals surface area contributed by atoms with Crippen LogP contribution in [0, 0.1) is 11.8 Å². The summed E-state index contributed by atoms with van der Waals surface area (Å²) < 4.78 is 0. The number of hydrogen-bond donors (Lipinski definition) is 2. The molecule has 1 heterocycles. The van der Waals surface area contributed by atoms with Gasteiger partial charge >= 0.3 is 0 Å². The van der Waals surface area contributed by atoms with Crippen LogP contribution in [0.15, 0.2) is 0 Å². The maximum Gasteiger partial charge on any atom is 0.0901 e. The molecule has 0 amide bonds. The molecule has 14 heavy (non-hydrogen) atoms. The lowest BCUT2D eigenvalue weighted by Gasteiger charge is -2.36. The molecular weight excluding hydrogens is 178 g/mol. The highest BCUT2D eigenvalue weighted by atomic mass is 16.3. The van der Waals surface area contributed by atoms with Gasteiger partial charge in [-0.05, 0) is 19.8 Å². The third-order valence-corrected chi connectivity index (χ3v) is 2.81. The summed E-state index contributed by atoms with van der Waals surface area (Å²) in [6.45, 7) is 4.43. The molecule has 0 spiro atoms. The van der Waals surface area contributed by atoms with Crippen molar-refractivity contribution in [3.05, 3.63) is 0 Å². The summed E-state index contributed by atoms with van der Waals surface area (Å²) in [5.74, 6) is 5.90. The Morgan fingerprint density at radius 1 is 1.36 bits per heavy atom. The van der Waals surface area contributed by atoms with E-state index < -0.39 is 5.60 Å². The van der Waals surface area contributed by atoms with E-state index in [2.05, 4.69) is 16.7 Å². The molecule has 3 nitrogen and oxygen atoms in total. The molecule has 2 N–H and O–H groups in total. The largest absolute Gasteiger partial charge is 0.393 e. The second-order valence-corrected chi connectivity index (χ2v) is 3.90. The van der Waals surface area contributed by atoms with Gasteiger partial charge in [-0.25, -0.2) is 0 Å². The Hall–Kier alpha value is -0.560. The van der Waals surface area contributed by atoms with Crippen LogP contribution in [0.1, 0.15) is 26.2 Å². The van der Waals surface area contributed by atoms with Crippen LogP contribution >= 0.6 is 0 Å². The molecule has 0 unspecified atom stereocenters. The van der Waals surface area contributed by atoms with Crippen molar-refractivity contribution in [1.29, 1.82) is 0 Å². The second-order valence-electron chi connectivity index (χ2n) is 3.90. The number of rotatable bonds is 3. The Kier molecular flexibility index (Phi) is 4.40. The zero-order valence-corrected chi connectivity index (χ0v) is 8.79. The maximum absolute atomic E-state index is 9.76. The van der Waals surface area contributed by atoms with E-state index in [1.807, 2.05) is 6.92 Å². The minimum absolute atomic E-state index is 0.115. The SMILES string of the molecule is CC#CCCN1CCC(O)(CO)CC1. The summed E-state index contributed by atoms with van der Waals surface area (Å²) >= 11 is 0. The summed E-state index contributed by atoms with van der Waals surface area (Å²) in [6.07, 6.45) is 2.24. The highest BCUT2D eigenvalue weighted by Crippen LogP contribution is 2.21. The van der Waals surface area contributed by atoms with E-state index in [4.69, 9.17) is 5.11 Å². The third-order valence-electron chi connectivity index (χ3n) is 2.81. The molecule has 0 aliphatic carbocycles. The third kappa shape index (κ3) is 3.30. The first-order valence-electron chi connectivity index (χ1n) is 5.15. The Bertz CT molecular complexity index is 221. The van der Waals surface area contributed by atoms with Crippen LogP contribution in [0.2, 0.25) is 0 Å². The molecule has 0 aromatic rings. The highest BCUT2D eigenvalue weighted by molar-refractivity contribution is 4.96. The molecule has 0 bridgehead atoms. The summed E-state index contributed by atoms with van der Waals surface area (Å²) in [4.78, 5) is 2.29. The van der Waals surface area contributed by atoms with Gasteiger partial charge in [0.1, 0.15) is 0 Å². The number of piperidine rings is 1. The number of hydrogen-bond acceptors (Lipinski definition) is 3.